The highest BCUT2D eigenvalue weighted by Crippen LogP contribution is 2.60. The minimum absolute atomic E-state index is 0.0859. The highest BCUT2D eigenvalue weighted by molar-refractivity contribution is 7.98. The summed E-state index contributed by atoms with van der Waals surface area (Å²) in [4.78, 5) is 28.7. The first-order valence-corrected chi connectivity index (χ1v) is 16.0. The molecule has 2 aliphatic rings. The second-order valence-electron chi connectivity index (χ2n) is 10.0. The Labute approximate surface area is 229 Å². The number of anilines is 1. The van der Waals surface area contributed by atoms with Gasteiger partial charge in [-0.25, -0.2) is 13.1 Å². The number of hydrogen-bond acceptors (Lipinski definition) is 10. The standard InChI is InChI=1S/C23H29ClN5O8PS/c1-23(38(32,33)34,13-7-3-2-4-8-13)39(35,36)12-16-17(30)18(31)21(37-16)29-20-15(11-25-29)19(27-22(24)28-20)26-14-9-5-6-10-14/h2-4,7-8,11,14,16-18,21,30-31H,5-6,9-10,12H2,1H3,(H,26,27,28)(H2,32,33,34)/t16-,17-,18-,21-,23?/m1/s1. The Bertz CT molecular complexity index is 1510. The molecule has 212 valence electrons. The van der Waals surface area contributed by atoms with Gasteiger partial charge in [0.2, 0.25) is 5.28 Å². The number of hydrogen-bond donors (Lipinski definition) is 5. The zero-order chi connectivity index (χ0) is 28.2. The van der Waals surface area contributed by atoms with Gasteiger partial charge < -0.3 is 30.1 Å². The maximum absolute atomic E-state index is 13.5. The zero-order valence-electron chi connectivity index (χ0n) is 20.8. The van der Waals surface area contributed by atoms with Crippen molar-refractivity contribution in [3.05, 3.63) is 47.4 Å². The van der Waals surface area contributed by atoms with Crippen LogP contribution in [0.3, 0.4) is 0 Å². The first-order chi connectivity index (χ1) is 18.3. The molecule has 1 aliphatic carbocycles. The van der Waals surface area contributed by atoms with Crippen molar-refractivity contribution in [3.8, 4) is 0 Å². The first kappa shape index (κ1) is 28.4. The van der Waals surface area contributed by atoms with E-state index in [2.05, 4.69) is 20.4 Å². The van der Waals surface area contributed by atoms with E-state index in [4.69, 9.17) is 16.3 Å². The summed E-state index contributed by atoms with van der Waals surface area (Å²) in [5, 5.41) is 29.6. The summed E-state index contributed by atoms with van der Waals surface area (Å²) < 4.78 is 43.9. The molecule has 0 spiro atoms. The SMILES string of the molecule is CC(c1ccccc1)(P(=O)(O)O)S(=O)(=O)C[C@H]1O[C@@H](n2ncc3c(NC4CCCC4)nc(Cl)nc32)[C@H](O)[C@@H]1O. The maximum Gasteiger partial charge on any atom is 0.350 e. The molecule has 1 saturated carbocycles. The number of nitrogens with zero attached hydrogens (tertiary/aromatic N) is 4. The van der Waals surface area contributed by atoms with E-state index in [1.807, 2.05) is 0 Å². The largest absolute Gasteiger partial charge is 0.387 e. The smallest absolute Gasteiger partial charge is 0.350 e. The van der Waals surface area contributed by atoms with E-state index < -0.39 is 52.2 Å². The predicted molar refractivity (Wildman–Crippen MR) is 142 cm³/mol. The van der Waals surface area contributed by atoms with Crippen molar-refractivity contribution in [2.45, 2.75) is 67.7 Å². The van der Waals surface area contributed by atoms with E-state index in [-0.39, 0.29) is 22.5 Å². The molecule has 1 saturated heterocycles. The van der Waals surface area contributed by atoms with Gasteiger partial charge in [-0.1, -0.05) is 43.2 Å². The number of aliphatic hydroxyl groups excluding tert-OH is 2. The van der Waals surface area contributed by atoms with Crippen LogP contribution in [0.5, 0.6) is 0 Å². The molecule has 1 aromatic carbocycles. The summed E-state index contributed by atoms with van der Waals surface area (Å²) >= 11 is 6.17. The number of halogens is 1. The topological polar surface area (TPSA) is 197 Å². The average molecular weight is 602 g/mol. The van der Waals surface area contributed by atoms with E-state index in [0.717, 1.165) is 32.6 Å². The van der Waals surface area contributed by atoms with E-state index in [1.165, 1.54) is 35.1 Å². The zero-order valence-corrected chi connectivity index (χ0v) is 23.3. The number of nitrogens with one attached hydrogen (secondary N) is 1. The van der Waals surface area contributed by atoms with Crippen molar-refractivity contribution in [1.29, 1.82) is 0 Å². The third kappa shape index (κ3) is 4.97. The van der Waals surface area contributed by atoms with Crippen molar-refractivity contribution in [2.75, 3.05) is 11.1 Å². The minimum atomic E-state index is -5.29. The Kier molecular flexibility index (Phi) is 7.53. The van der Waals surface area contributed by atoms with Gasteiger partial charge in [-0.2, -0.15) is 15.1 Å². The number of benzene rings is 1. The number of aliphatic hydroxyl groups is 2. The average Bonchev–Trinajstić information content (AvgIpc) is 3.60. The van der Waals surface area contributed by atoms with Crippen LogP contribution in [0.25, 0.3) is 11.0 Å². The summed E-state index contributed by atoms with van der Waals surface area (Å²) in [5.41, 5.74) is 0.0780. The number of fused-ring (bicyclic) bond motifs is 1. The number of sulfone groups is 1. The second-order valence-corrected chi connectivity index (χ2v) is 15.0. The summed E-state index contributed by atoms with van der Waals surface area (Å²) in [6.45, 7) is 0.937. The van der Waals surface area contributed by atoms with E-state index in [1.54, 1.807) is 6.07 Å². The maximum atomic E-state index is 13.5. The van der Waals surface area contributed by atoms with Crippen molar-refractivity contribution >= 4 is 45.9 Å². The highest BCUT2D eigenvalue weighted by atomic mass is 35.5. The molecule has 3 aromatic rings. The molecule has 39 heavy (non-hydrogen) atoms. The van der Waals surface area contributed by atoms with Gasteiger partial charge in [-0.3, -0.25) is 4.57 Å². The quantitative estimate of drug-likeness (QED) is 0.186. The van der Waals surface area contributed by atoms with Gasteiger partial charge >= 0.3 is 7.60 Å². The second kappa shape index (κ2) is 10.3. The molecule has 0 bridgehead atoms. The van der Waals surface area contributed by atoms with Crippen molar-refractivity contribution in [1.82, 2.24) is 19.7 Å². The molecular formula is C23H29ClN5O8PS. The lowest BCUT2D eigenvalue weighted by atomic mass is 10.1. The normalized spacial score (nSPS) is 26.2. The van der Waals surface area contributed by atoms with Crippen LogP contribution >= 0.6 is 19.2 Å². The van der Waals surface area contributed by atoms with Gasteiger partial charge in [0, 0.05) is 6.04 Å². The van der Waals surface area contributed by atoms with Crippen LogP contribution in [0.1, 0.15) is 44.4 Å². The number of ether oxygens (including phenoxy) is 1. The van der Waals surface area contributed by atoms with Gasteiger partial charge in [0.05, 0.1) is 17.3 Å². The lowest BCUT2D eigenvalue weighted by Gasteiger charge is -2.31. The molecule has 13 nitrogen and oxygen atoms in total. The van der Waals surface area contributed by atoms with Gasteiger partial charge in [-0.15, -0.1) is 0 Å². The lowest BCUT2D eigenvalue weighted by Crippen LogP contribution is -2.42. The predicted octanol–water partition coefficient (Wildman–Crippen LogP) is 1.92. The van der Waals surface area contributed by atoms with E-state index in [0.29, 0.717) is 11.2 Å². The van der Waals surface area contributed by atoms with E-state index in [9.17, 15) is 33.0 Å². The van der Waals surface area contributed by atoms with Crippen LogP contribution < -0.4 is 5.32 Å². The Hall–Kier alpha value is -2.16. The van der Waals surface area contributed by atoms with Gasteiger partial charge in [0.15, 0.2) is 26.2 Å². The molecule has 5 N–H and O–H groups in total. The fraction of sp³-hybridized carbons (Fsp3) is 0.522. The highest BCUT2D eigenvalue weighted by Gasteiger charge is 2.57. The summed E-state index contributed by atoms with van der Waals surface area (Å²) in [7, 11) is -9.97. The van der Waals surface area contributed by atoms with Gasteiger partial charge in [0.1, 0.15) is 24.1 Å². The van der Waals surface area contributed by atoms with Crippen LogP contribution in [-0.4, -0.2) is 78.3 Å². The van der Waals surface area contributed by atoms with Crippen LogP contribution in [0.4, 0.5) is 5.82 Å². The Morgan fingerprint density at radius 2 is 1.82 bits per heavy atom. The van der Waals surface area contributed by atoms with Crippen molar-refractivity contribution < 1.29 is 37.7 Å². The number of rotatable bonds is 8. The third-order valence-corrected chi connectivity index (χ3v) is 12.9. The fourth-order valence-electron chi connectivity index (χ4n) is 5.18. The first-order valence-electron chi connectivity index (χ1n) is 12.4. The number of aromatic nitrogens is 4. The van der Waals surface area contributed by atoms with Gasteiger partial charge in [-0.05, 0) is 36.9 Å². The van der Waals surface area contributed by atoms with Crippen LogP contribution in [0.2, 0.25) is 5.28 Å². The molecule has 0 amide bonds. The molecular weight excluding hydrogens is 573 g/mol. The molecule has 5 atom stereocenters. The molecule has 1 aliphatic heterocycles. The third-order valence-electron chi connectivity index (χ3n) is 7.56. The summed E-state index contributed by atoms with van der Waals surface area (Å²) in [5.74, 6) is -0.530. The van der Waals surface area contributed by atoms with Crippen LogP contribution in [0.15, 0.2) is 36.5 Å². The minimum Gasteiger partial charge on any atom is -0.387 e. The molecule has 2 aromatic heterocycles. The Morgan fingerprint density at radius 1 is 1.15 bits per heavy atom. The molecule has 1 unspecified atom stereocenters. The van der Waals surface area contributed by atoms with Crippen LogP contribution in [0, 0.1) is 0 Å². The van der Waals surface area contributed by atoms with Crippen LogP contribution in [-0.2, 0) is 23.6 Å². The lowest BCUT2D eigenvalue weighted by molar-refractivity contribution is -0.0365. The molecule has 16 heteroatoms. The fourth-order valence-corrected chi connectivity index (χ4v) is 9.03. The molecule has 5 rings (SSSR count). The molecule has 3 heterocycles. The summed E-state index contributed by atoms with van der Waals surface area (Å²) in [6.07, 6.45) is -0.654. The Balaban J connectivity index is 1.45. The van der Waals surface area contributed by atoms with E-state index >= 15 is 0 Å². The monoisotopic (exact) mass is 601 g/mol. The van der Waals surface area contributed by atoms with Crippen molar-refractivity contribution in [2.24, 2.45) is 0 Å². The van der Waals surface area contributed by atoms with Gasteiger partial charge in [0.25, 0.3) is 0 Å². The Morgan fingerprint density at radius 3 is 2.46 bits per heavy atom. The molecule has 2 fully saturated rings. The van der Waals surface area contributed by atoms with Crippen molar-refractivity contribution in [3.63, 3.8) is 0 Å². The molecule has 0 radical (unpaired) electrons. The summed E-state index contributed by atoms with van der Waals surface area (Å²) in [6, 6.07) is 7.32.